The van der Waals surface area contributed by atoms with E-state index < -0.39 is 17.4 Å². The van der Waals surface area contributed by atoms with Gasteiger partial charge in [0, 0.05) is 19.7 Å². The number of hydrogen-bond acceptors (Lipinski definition) is 5. The lowest BCUT2D eigenvalue weighted by Gasteiger charge is -2.31. The molecule has 1 unspecified atom stereocenters. The molecule has 7 heteroatoms. The van der Waals surface area contributed by atoms with Crippen molar-refractivity contribution in [2.75, 3.05) is 7.11 Å². The van der Waals surface area contributed by atoms with Crippen LogP contribution in [0.3, 0.4) is 0 Å². The average molecular weight is 281 g/mol. The van der Waals surface area contributed by atoms with Gasteiger partial charge in [-0.25, -0.2) is 0 Å². The Balaban J connectivity index is 2.39. The summed E-state index contributed by atoms with van der Waals surface area (Å²) in [7, 11) is 2.93. The van der Waals surface area contributed by atoms with Crippen LogP contribution in [-0.4, -0.2) is 39.1 Å². The van der Waals surface area contributed by atoms with Gasteiger partial charge in [-0.05, 0) is 18.8 Å². The van der Waals surface area contributed by atoms with Crippen molar-refractivity contribution in [2.45, 2.75) is 32.1 Å². The van der Waals surface area contributed by atoms with Gasteiger partial charge >= 0.3 is 11.9 Å². The Morgan fingerprint density at radius 1 is 1.50 bits per heavy atom. The van der Waals surface area contributed by atoms with E-state index in [1.54, 1.807) is 13.2 Å². The molecule has 0 spiro atoms. The van der Waals surface area contributed by atoms with Crippen molar-refractivity contribution in [1.29, 1.82) is 0 Å². The summed E-state index contributed by atoms with van der Waals surface area (Å²) >= 11 is 0. The highest BCUT2D eigenvalue weighted by molar-refractivity contribution is 5.99. The van der Waals surface area contributed by atoms with Crippen LogP contribution >= 0.6 is 0 Å². The Morgan fingerprint density at radius 3 is 2.60 bits per heavy atom. The third-order valence-corrected chi connectivity index (χ3v) is 4.09. The minimum atomic E-state index is -1.55. The predicted molar refractivity (Wildman–Crippen MR) is 68.7 cm³/mol. The van der Waals surface area contributed by atoms with Crippen LogP contribution in [0, 0.1) is 11.3 Å². The molecule has 0 saturated heterocycles. The van der Waals surface area contributed by atoms with Gasteiger partial charge < -0.3 is 9.84 Å². The Morgan fingerprint density at radius 2 is 2.15 bits per heavy atom. The molecule has 0 radical (unpaired) electrons. The monoisotopic (exact) mass is 281 g/mol. The van der Waals surface area contributed by atoms with Gasteiger partial charge in [-0.3, -0.25) is 14.3 Å². The number of aryl methyl sites for hydroxylation is 1. The average Bonchev–Trinajstić information content (AvgIpc) is 3.06. The van der Waals surface area contributed by atoms with Crippen molar-refractivity contribution in [3.05, 3.63) is 11.9 Å². The van der Waals surface area contributed by atoms with Gasteiger partial charge in [-0.2, -0.15) is 0 Å². The van der Waals surface area contributed by atoms with Gasteiger partial charge in [0.15, 0.2) is 5.41 Å². The molecule has 0 aliphatic heterocycles. The molecule has 1 fully saturated rings. The normalized spacial score (nSPS) is 18.7. The fourth-order valence-corrected chi connectivity index (χ4v) is 3.08. The Hall–Kier alpha value is -1.92. The fraction of sp³-hybridized carbons (Fsp3) is 0.692. The summed E-state index contributed by atoms with van der Waals surface area (Å²) in [6.07, 6.45) is 4.99. The second kappa shape index (κ2) is 5.60. The van der Waals surface area contributed by atoms with Crippen molar-refractivity contribution in [3.63, 3.8) is 0 Å². The van der Waals surface area contributed by atoms with E-state index >= 15 is 0 Å². The first-order chi connectivity index (χ1) is 9.50. The van der Waals surface area contributed by atoms with Gasteiger partial charge in [-0.15, -0.1) is 5.10 Å². The highest BCUT2D eigenvalue weighted by Crippen LogP contribution is 2.43. The molecule has 1 saturated carbocycles. The number of carboxylic acid groups (broad SMARTS) is 1. The number of methoxy groups -OCH3 is 1. The first kappa shape index (κ1) is 14.5. The molecule has 1 atom stereocenters. The summed E-state index contributed by atoms with van der Waals surface area (Å²) in [6.45, 7) is 0. The van der Waals surface area contributed by atoms with Crippen LogP contribution in [0.15, 0.2) is 6.20 Å². The van der Waals surface area contributed by atoms with Crippen LogP contribution in [0.4, 0.5) is 0 Å². The SMILES string of the molecule is COC(=O)C(Cc1cn(C)nn1)(C(=O)O)C1CCCC1. The number of carbonyl (C=O) groups excluding carboxylic acids is 1. The Bertz CT molecular complexity index is 507. The van der Waals surface area contributed by atoms with Gasteiger partial charge in [0.1, 0.15) is 0 Å². The van der Waals surface area contributed by atoms with E-state index in [1.165, 1.54) is 11.8 Å². The van der Waals surface area contributed by atoms with E-state index in [4.69, 9.17) is 4.74 Å². The van der Waals surface area contributed by atoms with E-state index in [1.807, 2.05) is 0 Å². The summed E-state index contributed by atoms with van der Waals surface area (Å²) < 4.78 is 6.29. The summed E-state index contributed by atoms with van der Waals surface area (Å²) in [5.41, 5.74) is -1.06. The molecule has 7 nitrogen and oxygen atoms in total. The van der Waals surface area contributed by atoms with Gasteiger partial charge in [0.05, 0.1) is 12.8 Å². The molecule has 1 aliphatic rings. The number of carboxylic acids is 1. The largest absolute Gasteiger partial charge is 0.480 e. The maximum Gasteiger partial charge on any atom is 0.323 e. The van der Waals surface area contributed by atoms with Crippen molar-refractivity contribution in [2.24, 2.45) is 18.4 Å². The molecular formula is C13H19N3O4. The smallest absolute Gasteiger partial charge is 0.323 e. The van der Waals surface area contributed by atoms with Gasteiger partial charge in [0.2, 0.25) is 0 Å². The minimum absolute atomic E-state index is 0.0213. The van der Waals surface area contributed by atoms with E-state index in [0.717, 1.165) is 25.7 Å². The van der Waals surface area contributed by atoms with E-state index in [2.05, 4.69) is 10.3 Å². The number of carbonyl (C=O) groups is 2. The number of rotatable bonds is 5. The highest BCUT2D eigenvalue weighted by Gasteiger charge is 2.54. The fourth-order valence-electron chi connectivity index (χ4n) is 3.08. The number of ether oxygens (including phenoxy) is 1. The maximum atomic E-state index is 12.2. The molecule has 20 heavy (non-hydrogen) atoms. The van der Waals surface area contributed by atoms with E-state index in [-0.39, 0.29) is 12.3 Å². The minimum Gasteiger partial charge on any atom is -0.480 e. The van der Waals surface area contributed by atoms with E-state index in [0.29, 0.717) is 5.69 Å². The lowest BCUT2D eigenvalue weighted by molar-refractivity contribution is -0.171. The first-order valence-corrected chi connectivity index (χ1v) is 6.67. The quantitative estimate of drug-likeness (QED) is 0.633. The van der Waals surface area contributed by atoms with Crippen LogP contribution in [0.25, 0.3) is 0 Å². The maximum absolute atomic E-state index is 12.2. The van der Waals surface area contributed by atoms with E-state index in [9.17, 15) is 14.7 Å². The Labute approximate surface area is 116 Å². The molecule has 1 aliphatic carbocycles. The molecule has 1 heterocycles. The zero-order valence-electron chi connectivity index (χ0n) is 11.7. The van der Waals surface area contributed by atoms with Crippen LogP contribution in [0.2, 0.25) is 0 Å². The van der Waals surface area contributed by atoms with Crippen molar-refractivity contribution >= 4 is 11.9 Å². The molecule has 0 amide bonds. The van der Waals surface area contributed by atoms with Crippen LogP contribution in [-0.2, 0) is 27.8 Å². The van der Waals surface area contributed by atoms with Crippen LogP contribution < -0.4 is 0 Å². The number of hydrogen-bond donors (Lipinski definition) is 1. The third-order valence-electron chi connectivity index (χ3n) is 4.09. The number of aliphatic carboxylic acids is 1. The molecule has 1 aromatic rings. The second-order valence-electron chi connectivity index (χ2n) is 5.31. The summed E-state index contributed by atoms with van der Waals surface area (Å²) in [5.74, 6) is -2.04. The second-order valence-corrected chi connectivity index (χ2v) is 5.31. The molecule has 1 N–H and O–H groups in total. The summed E-state index contributed by atoms with van der Waals surface area (Å²) in [4.78, 5) is 24.1. The first-order valence-electron chi connectivity index (χ1n) is 6.67. The topological polar surface area (TPSA) is 94.3 Å². The number of esters is 1. The molecule has 0 bridgehead atoms. The lowest BCUT2D eigenvalue weighted by atomic mass is 9.71. The highest BCUT2D eigenvalue weighted by atomic mass is 16.5. The number of nitrogens with zero attached hydrogens (tertiary/aromatic N) is 3. The summed E-state index contributed by atoms with van der Waals surface area (Å²) in [5, 5.41) is 17.4. The molecule has 2 rings (SSSR count). The van der Waals surface area contributed by atoms with Crippen LogP contribution in [0.1, 0.15) is 31.4 Å². The van der Waals surface area contributed by atoms with Crippen molar-refractivity contribution in [1.82, 2.24) is 15.0 Å². The predicted octanol–water partition coefficient (Wildman–Crippen LogP) is 0.792. The van der Waals surface area contributed by atoms with Crippen LogP contribution in [0.5, 0.6) is 0 Å². The zero-order valence-corrected chi connectivity index (χ0v) is 11.7. The lowest BCUT2D eigenvalue weighted by Crippen LogP contribution is -2.47. The third kappa shape index (κ3) is 2.39. The zero-order chi connectivity index (χ0) is 14.8. The Kier molecular flexibility index (Phi) is 4.06. The summed E-state index contributed by atoms with van der Waals surface area (Å²) in [6, 6.07) is 0. The molecule has 1 aromatic heterocycles. The van der Waals surface area contributed by atoms with Crippen molar-refractivity contribution in [3.8, 4) is 0 Å². The molecule has 110 valence electrons. The standard InChI is InChI=1S/C13H19N3O4/c1-16-8-10(14-15-16)7-13(11(17)18,12(19)20-2)9-5-3-4-6-9/h8-9H,3-7H2,1-2H3,(H,17,18). The van der Waals surface area contributed by atoms with Gasteiger partial charge in [-0.1, -0.05) is 18.1 Å². The number of aromatic nitrogens is 3. The van der Waals surface area contributed by atoms with Crippen molar-refractivity contribution < 1.29 is 19.4 Å². The molecule has 0 aromatic carbocycles. The van der Waals surface area contributed by atoms with Gasteiger partial charge in [0.25, 0.3) is 0 Å². The molecular weight excluding hydrogens is 262 g/mol.